The molecule has 0 bridgehead atoms. The first kappa shape index (κ1) is 14.4. The number of nitrogens with one attached hydrogen (secondary N) is 2. The minimum atomic E-state index is 0.0690. The van der Waals surface area contributed by atoms with Gasteiger partial charge in [-0.25, -0.2) is 4.98 Å². The van der Waals surface area contributed by atoms with Crippen LogP contribution in [0.4, 0.5) is 5.82 Å². The van der Waals surface area contributed by atoms with Crippen LogP contribution in [0.2, 0.25) is 0 Å². The Bertz CT molecular complexity index is 767. The quantitative estimate of drug-likeness (QED) is 0.654. The highest BCUT2D eigenvalue weighted by Gasteiger charge is 2.09. The van der Waals surface area contributed by atoms with E-state index in [1.807, 2.05) is 43.5 Å². The van der Waals surface area contributed by atoms with Gasteiger partial charge in [-0.2, -0.15) is 0 Å². The number of hydrogen-bond donors (Lipinski definition) is 3. The maximum Gasteiger partial charge on any atom is 0.140 e. The highest BCUT2D eigenvalue weighted by atomic mass is 16.5. The van der Waals surface area contributed by atoms with Crippen LogP contribution in [-0.2, 0) is 0 Å². The van der Waals surface area contributed by atoms with Crippen molar-refractivity contribution in [1.82, 2.24) is 9.97 Å². The summed E-state index contributed by atoms with van der Waals surface area (Å²) in [6.45, 7) is 3.15. The third-order valence-corrected chi connectivity index (χ3v) is 3.40. The van der Waals surface area contributed by atoms with Gasteiger partial charge in [-0.15, -0.1) is 0 Å². The molecule has 0 aliphatic carbocycles. The van der Waals surface area contributed by atoms with E-state index in [1.165, 1.54) is 0 Å². The number of H-pyrrole nitrogens is 1. The van der Waals surface area contributed by atoms with Crippen molar-refractivity contribution in [2.75, 3.05) is 25.1 Å². The van der Waals surface area contributed by atoms with Crippen molar-refractivity contribution >= 4 is 16.9 Å². The monoisotopic (exact) mass is 297 g/mol. The SMILES string of the molecule is CCOc1cccc(-c2cc(NCCO)nc3[nH]ccc23)c1. The van der Waals surface area contributed by atoms with Crippen LogP contribution in [0.3, 0.4) is 0 Å². The Balaban J connectivity index is 2.08. The molecule has 0 aliphatic rings. The minimum absolute atomic E-state index is 0.0690. The Labute approximate surface area is 129 Å². The third-order valence-electron chi connectivity index (χ3n) is 3.40. The van der Waals surface area contributed by atoms with Gasteiger partial charge in [-0.3, -0.25) is 0 Å². The maximum atomic E-state index is 8.97. The molecule has 1 aromatic carbocycles. The largest absolute Gasteiger partial charge is 0.494 e. The number of aromatic amines is 1. The van der Waals surface area contributed by atoms with E-state index in [-0.39, 0.29) is 6.61 Å². The fourth-order valence-corrected chi connectivity index (χ4v) is 2.47. The van der Waals surface area contributed by atoms with Gasteiger partial charge in [0.1, 0.15) is 17.2 Å². The standard InChI is InChI=1S/C17H19N3O2/c1-2-22-13-5-3-4-12(10-13)15-11-16(18-8-9-21)20-17-14(15)6-7-19-17/h3-7,10-11,21H,2,8-9H2,1H3,(H2,18,19,20). The van der Waals surface area contributed by atoms with E-state index in [2.05, 4.69) is 21.4 Å². The van der Waals surface area contributed by atoms with E-state index in [9.17, 15) is 0 Å². The smallest absolute Gasteiger partial charge is 0.140 e. The molecule has 3 aromatic rings. The van der Waals surface area contributed by atoms with Crippen LogP contribution in [0.15, 0.2) is 42.6 Å². The molecule has 3 rings (SSSR count). The average molecular weight is 297 g/mol. The van der Waals surface area contributed by atoms with Crippen molar-refractivity contribution in [1.29, 1.82) is 0 Å². The van der Waals surface area contributed by atoms with Gasteiger partial charge in [-0.05, 0) is 42.3 Å². The molecule has 3 N–H and O–H groups in total. The van der Waals surface area contributed by atoms with Gasteiger partial charge in [0, 0.05) is 18.1 Å². The van der Waals surface area contributed by atoms with E-state index >= 15 is 0 Å². The molecule has 0 saturated heterocycles. The van der Waals surface area contributed by atoms with Gasteiger partial charge in [0.15, 0.2) is 0 Å². The summed E-state index contributed by atoms with van der Waals surface area (Å²) in [6, 6.07) is 12.0. The second-order valence-electron chi connectivity index (χ2n) is 4.91. The second-order valence-corrected chi connectivity index (χ2v) is 4.91. The van der Waals surface area contributed by atoms with E-state index in [4.69, 9.17) is 9.84 Å². The Morgan fingerprint density at radius 2 is 2.18 bits per heavy atom. The van der Waals surface area contributed by atoms with Crippen molar-refractivity contribution in [2.45, 2.75) is 6.92 Å². The number of nitrogens with zero attached hydrogens (tertiary/aromatic N) is 1. The van der Waals surface area contributed by atoms with Crippen LogP contribution in [0, 0.1) is 0 Å². The minimum Gasteiger partial charge on any atom is -0.494 e. The lowest BCUT2D eigenvalue weighted by atomic mass is 10.0. The summed E-state index contributed by atoms with van der Waals surface area (Å²) in [7, 11) is 0. The number of aliphatic hydroxyl groups is 1. The van der Waals surface area contributed by atoms with Crippen LogP contribution in [0.5, 0.6) is 5.75 Å². The van der Waals surface area contributed by atoms with Crippen molar-refractivity contribution < 1.29 is 9.84 Å². The van der Waals surface area contributed by atoms with E-state index in [0.29, 0.717) is 13.2 Å². The molecule has 114 valence electrons. The molecule has 22 heavy (non-hydrogen) atoms. The summed E-state index contributed by atoms with van der Waals surface area (Å²) in [5.41, 5.74) is 2.97. The fourth-order valence-electron chi connectivity index (χ4n) is 2.47. The number of anilines is 1. The van der Waals surface area contributed by atoms with Gasteiger partial charge in [-0.1, -0.05) is 12.1 Å². The molecular formula is C17H19N3O2. The Kier molecular flexibility index (Phi) is 4.25. The summed E-state index contributed by atoms with van der Waals surface area (Å²) in [5, 5.41) is 13.1. The molecule has 0 unspecified atom stereocenters. The molecule has 2 heterocycles. The van der Waals surface area contributed by atoms with Crippen molar-refractivity contribution in [3.05, 3.63) is 42.6 Å². The number of pyridine rings is 1. The topological polar surface area (TPSA) is 70.2 Å². The molecule has 5 heteroatoms. The first-order valence-corrected chi connectivity index (χ1v) is 7.38. The third kappa shape index (κ3) is 2.89. The molecule has 0 spiro atoms. The molecule has 0 saturated carbocycles. The zero-order valence-electron chi connectivity index (χ0n) is 12.5. The zero-order chi connectivity index (χ0) is 15.4. The molecule has 2 aromatic heterocycles. The highest BCUT2D eigenvalue weighted by Crippen LogP contribution is 2.31. The Morgan fingerprint density at radius 3 is 3.00 bits per heavy atom. The van der Waals surface area contributed by atoms with E-state index in [0.717, 1.165) is 33.7 Å². The lowest BCUT2D eigenvalue weighted by molar-refractivity contribution is 0.311. The lowest BCUT2D eigenvalue weighted by Crippen LogP contribution is -2.07. The number of rotatable bonds is 6. The van der Waals surface area contributed by atoms with E-state index < -0.39 is 0 Å². The summed E-state index contributed by atoms with van der Waals surface area (Å²) in [4.78, 5) is 7.65. The number of aliphatic hydroxyl groups excluding tert-OH is 1. The Hall–Kier alpha value is -2.53. The summed E-state index contributed by atoms with van der Waals surface area (Å²) < 4.78 is 5.58. The van der Waals surface area contributed by atoms with Crippen molar-refractivity contribution in [2.24, 2.45) is 0 Å². The average Bonchev–Trinajstić information content (AvgIpc) is 3.01. The van der Waals surface area contributed by atoms with Gasteiger partial charge >= 0.3 is 0 Å². The normalized spacial score (nSPS) is 10.8. The maximum absolute atomic E-state index is 8.97. The summed E-state index contributed by atoms with van der Waals surface area (Å²) in [6.07, 6.45) is 1.88. The molecule has 0 amide bonds. The van der Waals surface area contributed by atoms with Crippen LogP contribution in [-0.4, -0.2) is 34.8 Å². The fraction of sp³-hybridized carbons (Fsp3) is 0.235. The number of hydrogen-bond acceptors (Lipinski definition) is 4. The van der Waals surface area contributed by atoms with Crippen LogP contribution in [0.25, 0.3) is 22.2 Å². The molecule has 0 radical (unpaired) electrons. The molecule has 0 atom stereocenters. The lowest BCUT2D eigenvalue weighted by Gasteiger charge is -2.10. The first-order chi connectivity index (χ1) is 10.8. The predicted octanol–water partition coefficient (Wildman–Crippen LogP) is 3.03. The molecule has 0 aliphatic heterocycles. The highest BCUT2D eigenvalue weighted by molar-refractivity contribution is 5.94. The summed E-state index contributed by atoms with van der Waals surface area (Å²) in [5.74, 6) is 1.59. The zero-order valence-corrected chi connectivity index (χ0v) is 12.5. The first-order valence-electron chi connectivity index (χ1n) is 7.38. The number of fused-ring (bicyclic) bond motifs is 1. The predicted molar refractivity (Wildman–Crippen MR) is 88.3 cm³/mol. The van der Waals surface area contributed by atoms with Crippen LogP contribution in [0.1, 0.15) is 6.92 Å². The van der Waals surface area contributed by atoms with Crippen molar-refractivity contribution in [3.63, 3.8) is 0 Å². The van der Waals surface area contributed by atoms with Crippen molar-refractivity contribution in [3.8, 4) is 16.9 Å². The van der Waals surface area contributed by atoms with E-state index in [1.54, 1.807) is 0 Å². The second kappa shape index (κ2) is 6.49. The van der Waals surface area contributed by atoms with Gasteiger partial charge in [0.2, 0.25) is 0 Å². The molecule has 5 nitrogen and oxygen atoms in total. The van der Waals surface area contributed by atoms with Gasteiger partial charge < -0.3 is 20.1 Å². The van der Waals surface area contributed by atoms with Gasteiger partial charge in [0.25, 0.3) is 0 Å². The molecular weight excluding hydrogens is 278 g/mol. The van der Waals surface area contributed by atoms with Gasteiger partial charge in [0.05, 0.1) is 13.2 Å². The Morgan fingerprint density at radius 1 is 1.27 bits per heavy atom. The number of aromatic nitrogens is 2. The summed E-state index contributed by atoms with van der Waals surface area (Å²) >= 11 is 0. The number of ether oxygens (including phenoxy) is 1. The number of benzene rings is 1. The molecule has 0 fully saturated rings. The van der Waals surface area contributed by atoms with Crippen LogP contribution >= 0.6 is 0 Å². The van der Waals surface area contributed by atoms with Crippen LogP contribution < -0.4 is 10.1 Å².